The van der Waals surface area contributed by atoms with Gasteiger partial charge in [-0.25, -0.2) is 0 Å². The van der Waals surface area contributed by atoms with Gasteiger partial charge in [-0.15, -0.1) is 0 Å². The standard InChI is InChI=1S/C19H26O/c1-18(2,15-6-4-3-5-7-15)19(20)16-9-13-8-14(11-16)12-17(19)10-13/h3-7,13-14,16-17,20H,8-12H2,1-2H3/i1D3,2D3. The van der Waals surface area contributed by atoms with Crippen LogP contribution in [0.1, 0.15) is 59.6 Å². The van der Waals surface area contributed by atoms with Gasteiger partial charge in [0.2, 0.25) is 0 Å². The molecule has 0 aromatic heterocycles. The van der Waals surface area contributed by atoms with E-state index in [0.717, 1.165) is 32.1 Å². The smallest absolute Gasteiger partial charge is 0.0794 e. The van der Waals surface area contributed by atoms with Gasteiger partial charge in [0.05, 0.1) is 5.60 Å². The lowest BCUT2D eigenvalue weighted by atomic mass is 9.44. The van der Waals surface area contributed by atoms with E-state index in [1.165, 1.54) is 0 Å². The summed E-state index contributed by atoms with van der Waals surface area (Å²) in [7, 11) is 0. The van der Waals surface area contributed by atoms with Crippen molar-refractivity contribution in [1.82, 2.24) is 0 Å². The Kier molecular flexibility index (Phi) is 1.64. The van der Waals surface area contributed by atoms with Crippen LogP contribution in [0.15, 0.2) is 30.3 Å². The van der Waals surface area contributed by atoms with E-state index in [1.807, 2.05) is 0 Å². The van der Waals surface area contributed by atoms with Gasteiger partial charge in [-0.1, -0.05) is 44.0 Å². The highest BCUT2D eigenvalue weighted by molar-refractivity contribution is 5.31. The van der Waals surface area contributed by atoms with Crippen LogP contribution in [0.5, 0.6) is 0 Å². The predicted molar refractivity (Wildman–Crippen MR) is 81.5 cm³/mol. The molecule has 4 aliphatic rings. The monoisotopic (exact) mass is 276 g/mol. The number of hydrogen-bond acceptors (Lipinski definition) is 1. The Morgan fingerprint density at radius 2 is 1.55 bits per heavy atom. The maximum Gasteiger partial charge on any atom is 0.0794 e. The first kappa shape index (κ1) is 7.98. The van der Waals surface area contributed by atoms with Gasteiger partial charge in [-0.3, -0.25) is 0 Å². The summed E-state index contributed by atoms with van der Waals surface area (Å²) in [4.78, 5) is 0. The number of rotatable bonds is 2. The Bertz CT molecular complexity index is 636. The van der Waals surface area contributed by atoms with E-state index in [2.05, 4.69) is 0 Å². The van der Waals surface area contributed by atoms with Gasteiger partial charge in [0.1, 0.15) is 0 Å². The molecule has 4 aliphatic carbocycles. The van der Waals surface area contributed by atoms with Crippen molar-refractivity contribution >= 4 is 0 Å². The number of aliphatic hydroxyl groups is 1. The molecular formula is C19H26O. The fourth-order valence-electron chi connectivity index (χ4n) is 5.43. The van der Waals surface area contributed by atoms with Crippen LogP contribution in [0, 0.1) is 23.7 Å². The van der Waals surface area contributed by atoms with Gasteiger partial charge in [-0.05, 0) is 61.3 Å². The predicted octanol–water partition coefficient (Wildman–Crippen LogP) is 4.15. The first-order valence-corrected chi connectivity index (χ1v) is 7.79. The van der Waals surface area contributed by atoms with Gasteiger partial charge in [0.25, 0.3) is 0 Å². The number of hydrogen-bond donors (Lipinski definition) is 1. The highest BCUT2D eigenvalue weighted by Gasteiger charge is 2.62. The third-order valence-electron chi connectivity index (χ3n) is 6.19. The summed E-state index contributed by atoms with van der Waals surface area (Å²) in [6, 6.07) is 8.22. The molecule has 5 rings (SSSR count). The SMILES string of the molecule is [2H]C([2H])([2H])C(c1ccccc1)(C([2H])([2H])[2H])C1(O)C2CC3CC(C2)CC1C3. The summed E-state index contributed by atoms with van der Waals surface area (Å²) in [6.45, 7) is -5.69. The second-order valence-corrected chi connectivity index (χ2v) is 7.25. The normalized spacial score (nSPS) is 48.6. The number of benzene rings is 1. The molecule has 0 atom stereocenters. The van der Waals surface area contributed by atoms with E-state index in [-0.39, 0.29) is 17.4 Å². The highest BCUT2D eigenvalue weighted by atomic mass is 16.3. The molecule has 1 nitrogen and oxygen atoms in total. The van der Waals surface area contributed by atoms with Crippen molar-refractivity contribution in [2.75, 3.05) is 0 Å². The van der Waals surface area contributed by atoms with Gasteiger partial charge < -0.3 is 5.11 Å². The summed E-state index contributed by atoms with van der Waals surface area (Å²) in [5.74, 6) is 0.471. The lowest BCUT2D eigenvalue weighted by Gasteiger charge is -2.64. The Balaban J connectivity index is 2.00. The largest absolute Gasteiger partial charge is 0.388 e. The minimum Gasteiger partial charge on any atom is -0.388 e. The lowest BCUT2D eigenvalue weighted by molar-refractivity contribution is -0.206. The van der Waals surface area contributed by atoms with Crippen LogP contribution in [0.4, 0.5) is 0 Å². The van der Waals surface area contributed by atoms with Crippen molar-refractivity contribution in [1.29, 1.82) is 0 Å². The molecule has 0 amide bonds. The molecule has 0 saturated heterocycles. The molecule has 1 heteroatoms. The van der Waals surface area contributed by atoms with Crippen molar-refractivity contribution in [3.8, 4) is 0 Å². The quantitative estimate of drug-likeness (QED) is 0.860. The minimum atomic E-state index is -2.84. The maximum absolute atomic E-state index is 12.1. The highest BCUT2D eigenvalue weighted by Crippen LogP contribution is 2.63. The third-order valence-corrected chi connectivity index (χ3v) is 6.19. The van der Waals surface area contributed by atoms with Crippen molar-refractivity contribution < 1.29 is 13.3 Å². The lowest BCUT2D eigenvalue weighted by Crippen LogP contribution is -2.65. The van der Waals surface area contributed by atoms with Crippen molar-refractivity contribution in [2.24, 2.45) is 23.7 Å². The Morgan fingerprint density at radius 1 is 1.00 bits per heavy atom. The Morgan fingerprint density at radius 3 is 2.05 bits per heavy atom. The molecule has 0 aliphatic heterocycles. The van der Waals surface area contributed by atoms with E-state index in [1.54, 1.807) is 30.3 Å². The van der Waals surface area contributed by atoms with Crippen molar-refractivity contribution in [3.05, 3.63) is 35.9 Å². The van der Waals surface area contributed by atoms with Crippen LogP contribution in [-0.4, -0.2) is 10.7 Å². The summed E-state index contributed by atoms with van der Waals surface area (Å²) in [5, 5.41) is 12.1. The summed E-state index contributed by atoms with van der Waals surface area (Å²) in [6.07, 6.45) is 4.10. The molecule has 1 aromatic carbocycles. The molecule has 4 bridgehead atoms. The van der Waals surface area contributed by atoms with Gasteiger partial charge in [-0.2, -0.15) is 0 Å². The third kappa shape index (κ3) is 1.53. The van der Waals surface area contributed by atoms with E-state index >= 15 is 0 Å². The molecule has 0 heterocycles. The van der Waals surface area contributed by atoms with E-state index in [0.29, 0.717) is 11.8 Å². The fourth-order valence-corrected chi connectivity index (χ4v) is 5.43. The molecule has 4 saturated carbocycles. The van der Waals surface area contributed by atoms with Gasteiger partial charge in [0, 0.05) is 13.6 Å². The maximum atomic E-state index is 12.1. The van der Waals surface area contributed by atoms with Crippen LogP contribution in [0.25, 0.3) is 0 Å². The van der Waals surface area contributed by atoms with Crippen LogP contribution in [0.2, 0.25) is 0 Å². The van der Waals surface area contributed by atoms with Gasteiger partial charge >= 0.3 is 0 Å². The summed E-state index contributed by atoms with van der Waals surface area (Å²) in [5.41, 5.74) is -3.79. The summed E-state index contributed by atoms with van der Waals surface area (Å²) < 4.78 is 50.1. The molecule has 0 spiro atoms. The van der Waals surface area contributed by atoms with Gasteiger partial charge in [0.15, 0.2) is 0 Å². The van der Waals surface area contributed by atoms with Crippen LogP contribution in [0.3, 0.4) is 0 Å². The second kappa shape index (κ2) is 4.10. The van der Waals surface area contributed by atoms with Crippen molar-refractivity contribution in [2.45, 2.75) is 56.8 Å². The minimum absolute atomic E-state index is 0.218. The second-order valence-electron chi connectivity index (χ2n) is 7.25. The average molecular weight is 276 g/mol. The zero-order valence-corrected chi connectivity index (χ0v) is 11.7. The van der Waals surface area contributed by atoms with E-state index < -0.39 is 24.7 Å². The Hall–Kier alpha value is -0.820. The molecule has 0 unspecified atom stereocenters. The van der Waals surface area contributed by atoms with E-state index in [9.17, 15) is 5.11 Å². The molecule has 0 radical (unpaired) electrons. The molecule has 4 fully saturated rings. The van der Waals surface area contributed by atoms with Crippen molar-refractivity contribution in [3.63, 3.8) is 0 Å². The average Bonchev–Trinajstić information content (AvgIpc) is 2.51. The first-order chi connectivity index (χ1) is 12.0. The Labute approximate surface area is 130 Å². The van der Waals surface area contributed by atoms with Crippen LogP contribution in [-0.2, 0) is 5.41 Å². The van der Waals surface area contributed by atoms with Crippen LogP contribution < -0.4 is 0 Å². The zero-order valence-electron chi connectivity index (χ0n) is 17.7. The summed E-state index contributed by atoms with van der Waals surface area (Å²) >= 11 is 0. The molecule has 1 aromatic rings. The molecule has 1 N–H and O–H groups in total. The van der Waals surface area contributed by atoms with Crippen LogP contribution >= 0.6 is 0 Å². The molecule has 108 valence electrons. The topological polar surface area (TPSA) is 20.2 Å². The van der Waals surface area contributed by atoms with E-state index in [4.69, 9.17) is 8.22 Å². The molecular weight excluding hydrogens is 244 g/mol. The zero-order chi connectivity index (χ0) is 19.0. The molecule has 20 heavy (non-hydrogen) atoms. The fraction of sp³-hybridized carbons (Fsp3) is 0.684. The first-order valence-electron chi connectivity index (χ1n) is 10.8.